The predicted molar refractivity (Wildman–Crippen MR) is 81.5 cm³/mol. The zero-order valence-electron chi connectivity index (χ0n) is 12.4. The van der Waals surface area contributed by atoms with E-state index < -0.39 is 0 Å². The maximum atomic E-state index is 6.33. The van der Waals surface area contributed by atoms with E-state index in [4.69, 9.17) is 4.74 Å². The third-order valence-electron chi connectivity index (χ3n) is 3.91. The number of hydrogen-bond acceptors (Lipinski definition) is 2. The van der Waals surface area contributed by atoms with Gasteiger partial charge in [-0.05, 0) is 37.7 Å². The molecular formula is C17H22N2O. The van der Waals surface area contributed by atoms with Gasteiger partial charge in [0.1, 0.15) is 11.4 Å². The second kappa shape index (κ2) is 4.98. The van der Waals surface area contributed by atoms with E-state index >= 15 is 0 Å². The Balaban J connectivity index is 1.92. The number of nitrogens with one attached hydrogen (secondary N) is 1. The van der Waals surface area contributed by atoms with Gasteiger partial charge in [-0.15, -0.1) is 0 Å². The van der Waals surface area contributed by atoms with Crippen LogP contribution in [0.5, 0.6) is 5.75 Å². The van der Waals surface area contributed by atoms with Crippen LogP contribution in [0.3, 0.4) is 0 Å². The van der Waals surface area contributed by atoms with Crippen molar-refractivity contribution in [2.75, 3.05) is 6.54 Å². The highest BCUT2D eigenvalue weighted by Gasteiger charge is 2.36. The highest BCUT2D eigenvalue weighted by molar-refractivity contribution is 5.51. The molecule has 0 bridgehead atoms. The fourth-order valence-electron chi connectivity index (χ4n) is 2.84. The molecule has 0 radical (unpaired) electrons. The van der Waals surface area contributed by atoms with E-state index in [0.29, 0.717) is 6.04 Å². The number of fused-ring (bicyclic) bond motifs is 3. The lowest BCUT2D eigenvalue weighted by Gasteiger charge is -2.37. The minimum Gasteiger partial charge on any atom is -0.479 e. The molecule has 1 aliphatic rings. The average molecular weight is 270 g/mol. The normalized spacial score (nSPS) is 20.4. The lowest BCUT2D eigenvalue weighted by atomic mass is 9.95. The van der Waals surface area contributed by atoms with Crippen molar-refractivity contribution < 1.29 is 4.74 Å². The summed E-state index contributed by atoms with van der Waals surface area (Å²) >= 11 is 0. The van der Waals surface area contributed by atoms with E-state index in [9.17, 15) is 0 Å². The van der Waals surface area contributed by atoms with Crippen LogP contribution in [-0.2, 0) is 5.60 Å². The Kier molecular flexibility index (Phi) is 3.30. The molecular weight excluding hydrogens is 248 g/mol. The molecule has 0 aliphatic carbocycles. The van der Waals surface area contributed by atoms with Gasteiger partial charge in [0.25, 0.3) is 0 Å². The fraction of sp³-hybridized carbons (Fsp3) is 0.412. The van der Waals surface area contributed by atoms with Crippen LogP contribution >= 0.6 is 0 Å². The number of hydrogen-bond donors (Lipinski definition) is 1. The Morgan fingerprint density at radius 3 is 2.80 bits per heavy atom. The summed E-state index contributed by atoms with van der Waals surface area (Å²) in [6.45, 7) is 7.46. The molecule has 1 unspecified atom stereocenters. The van der Waals surface area contributed by atoms with Crippen molar-refractivity contribution in [1.29, 1.82) is 0 Å². The first-order valence-corrected chi connectivity index (χ1v) is 7.30. The molecule has 3 nitrogen and oxygen atoms in total. The van der Waals surface area contributed by atoms with Gasteiger partial charge in [0.2, 0.25) is 0 Å². The molecule has 1 aromatic heterocycles. The molecule has 1 aliphatic heterocycles. The summed E-state index contributed by atoms with van der Waals surface area (Å²) < 4.78 is 8.57. The second-order valence-corrected chi connectivity index (χ2v) is 5.92. The van der Waals surface area contributed by atoms with Gasteiger partial charge >= 0.3 is 0 Å². The average Bonchev–Trinajstić information content (AvgIpc) is 2.89. The van der Waals surface area contributed by atoms with Crippen molar-refractivity contribution >= 4 is 0 Å². The van der Waals surface area contributed by atoms with Crippen molar-refractivity contribution in [3.8, 4) is 11.4 Å². The van der Waals surface area contributed by atoms with Crippen LogP contribution in [-0.4, -0.2) is 17.2 Å². The van der Waals surface area contributed by atoms with Crippen LogP contribution in [0.15, 0.2) is 42.6 Å². The third kappa shape index (κ3) is 2.22. The predicted octanol–water partition coefficient (Wildman–Crippen LogP) is 3.47. The van der Waals surface area contributed by atoms with Gasteiger partial charge < -0.3 is 14.6 Å². The van der Waals surface area contributed by atoms with Crippen LogP contribution in [0, 0.1) is 0 Å². The van der Waals surface area contributed by atoms with Gasteiger partial charge in [-0.25, -0.2) is 0 Å². The number of ether oxygens (including phenoxy) is 1. The van der Waals surface area contributed by atoms with E-state index in [2.05, 4.69) is 61.1 Å². The zero-order valence-corrected chi connectivity index (χ0v) is 12.4. The van der Waals surface area contributed by atoms with E-state index in [1.807, 2.05) is 12.1 Å². The molecule has 106 valence electrons. The van der Waals surface area contributed by atoms with Crippen molar-refractivity contribution in [3.63, 3.8) is 0 Å². The molecule has 3 heteroatoms. The first-order chi connectivity index (χ1) is 9.60. The summed E-state index contributed by atoms with van der Waals surface area (Å²) in [5.74, 6) is 0.961. The van der Waals surface area contributed by atoms with Gasteiger partial charge in [0.05, 0.1) is 11.4 Å². The number of benzene rings is 1. The summed E-state index contributed by atoms with van der Waals surface area (Å²) in [5.41, 5.74) is 2.07. The fourth-order valence-corrected chi connectivity index (χ4v) is 2.84. The maximum absolute atomic E-state index is 6.33. The minimum atomic E-state index is -0.278. The molecule has 0 spiro atoms. The molecule has 0 amide bonds. The van der Waals surface area contributed by atoms with Gasteiger partial charge in [0, 0.05) is 18.7 Å². The Morgan fingerprint density at radius 2 is 2.00 bits per heavy atom. The van der Waals surface area contributed by atoms with Crippen molar-refractivity contribution in [1.82, 2.24) is 9.88 Å². The highest BCUT2D eigenvalue weighted by atomic mass is 16.5. The summed E-state index contributed by atoms with van der Waals surface area (Å²) in [5, 5.41) is 3.48. The van der Waals surface area contributed by atoms with E-state index in [-0.39, 0.29) is 5.60 Å². The van der Waals surface area contributed by atoms with Gasteiger partial charge in [0.15, 0.2) is 0 Å². The molecule has 0 saturated heterocycles. The quantitative estimate of drug-likeness (QED) is 0.920. The highest BCUT2D eigenvalue weighted by Crippen LogP contribution is 2.40. The van der Waals surface area contributed by atoms with Crippen molar-refractivity contribution in [2.24, 2.45) is 0 Å². The maximum Gasteiger partial charge on any atom is 0.148 e. The SMILES string of the molecule is CC(C)NCCC1(C)Oc2ccccc2-n2cccc21. The molecule has 2 aromatic rings. The second-order valence-electron chi connectivity index (χ2n) is 5.92. The van der Waals surface area contributed by atoms with Gasteiger partial charge in [-0.3, -0.25) is 0 Å². The van der Waals surface area contributed by atoms with Crippen LogP contribution < -0.4 is 10.1 Å². The van der Waals surface area contributed by atoms with Gasteiger partial charge in [-0.2, -0.15) is 0 Å². The third-order valence-corrected chi connectivity index (χ3v) is 3.91. The number of aromatic nitrogens is 1. The monoisotopic (exact) mass is 270 g/mol. The summed E-state index contributed by atoms with van der Waals surface area (Å²) in [7, 11) is 0. The first-order valence-electron chi connectivity index (χ1n) is 7.30. The number of rotatable bonds is 4. The topological polar surface area (TPSA) is 26.2 Å². The Morgan fingerprint density at radius 1 is 1.20 bits per heavy atom. The summed E-state index contributed by atoms with van der Waals surface area (Å²) in [4.78, 5) is 0. The summed E-state index contributed by atoms with van der Waals surface area (Å²) in [6, 6.07) is 13.0. The molecule has 0 saturated carbocycles. The molecule has 0 fully saturated rings. The number of para-hydroxylation sites is 2. The molecule has 1 atom stereocenters. The van der Waals surface area contributed by atoms with Crippen molar-refractivity contribution in [3.05, 3.63) is 48.3 Å². The first kappa shape index (κ1) is 13.3. The number of nitrogens with zero attached hydrogens (tertiary/aromatic N) is 1. The van der Waals surface area contributed by atoms with Crippen molar-refractivity contribution in [2.45, 2.75) is 38.8 Å². The smallest absolute Gasteiger partial charge is 0.148 e. The molecule has 20 heavy (non-hydrogen) atoms. The lowest BCUT2D eigenvalue weighted by Crippen LogP contribution is -2.39. The minimum absolute atomic E-state index is 0.278. The van der Waals surface area contributed by atoms with Crippen LogP contribution in [0.25, 0.3) is 5.69 Å². The van der Waals surface area contributed by atoms with E-state index in [0.717, 1.165) is 24.4 Å². The molecule has 2 heterocycles. The van der Waals surface area contributed by atoms with E-state index in [1.165, 1.54) is 5.69 Å². The van der Waals surface area contributed by atoms with Crippen LogP contribution in [0.4, 0.5) is 0 Å². The Hall–Kier alpha value is -1.74. The molecule has 1 N–H and O–H groups in total. The molecule has 3 rings (SSSR count). The largest absolute Gasteiger partial charge is 0.479 e. The van der Waals surface area contributed by atoms with Crippen LogP contribution in [0.2, 0.25) is 0 Å². The Labute approximate surface area is 120 Å². The lowest BCUT2D eigenvalue weighted by molar-refractivity contribution is 0.0617. The zero-order chi connectivity index (χ0) is 14.2. The van der Waals surface area contributed by atoms with E-state index in [1.54, 1.807) is 0 Å². The summed E-state index contributed by atoms with van der Waals surface area (Å²) in [6.07, 6.45) is 3.06. The van der Waals surface area contributed by atoms with Gasteiger partial charge in [-0.1, -0.05) is 26.0 Å². The standard InChI is InChI=1S/C17H22N2O/c1-13(2)18-11-10-17(3)16-9-6-12-19(16)14-7-4-5-8-15(14)20-17/h4-9,12-13,18H,10-11H2,1-3H3. The Bertz CT molecular complexity index is 603. The molecule has 1 aromatic carbocycles. The van der Waals surface area contributed by atoms with Crippen LogP contribution in [0.1, 0.15) is 32.9 Å².